The molecule has 1 aromatic carbocycles. The number of hydrogen-bond donors (Lipinski definition) is 0. The minimum atomic E-state index is -0.491. The number of carbonyl (C=O) groups excluding carboxylic acids is 1. The number of amides is 1. The Morgan fingerprint density at radius 3 is 2.77 bits per heavy atom. The molecule has 1 amide bonds. The summed E-state index contributed by atoms with van der Waals surface area (Å²) in [4.78, 5) is 16.2. The quantitative estimate of drug-likeness (QED) is 0.690. The summed E-state index contributed by atoms with van der Waals surface area (Å²) in [6.07, 6.45) is 6.50. The van der Waals surface area contributed by atoms with Crippen molar-refractivity contribution in [3.63, 3.8) is 0 Å². The predicted octanol–water partition coefficient (Wildman–Crippen LogP) is 4.04. The van der Waals surface area contributed by atoms with Crippen LogP contribution >= 0.6 is 0 Å². The van der Waals surface area contributed by atoms with Crippen molar-refractivity contribution in [2.45, 2.75) is 32.8 Å². The van der Waals surface area contributed by atoms with Gasteiger partial charge in [-0.2, -0.15) is 0 Å². The van der Waals surface area contributed by atoms with Gasteiger partial charge < -0.3 is 9.47 Å². The van der Waals surface area contributed by atoms with Crippen LogP contribution in [0.4, 0.5) is 10.5 Å². The summed E-state index contributed by atoms with van der Waals surface area (Å²) < 4.78 is 11.3. The lowest BCUT2D eigenvalue weighted by atomic mass is 10.1. The van der Waals surface area contributed by atoms with Crippen LogP contribution in [0, 0.1) is 0 Å². The van der Waals surface area contributed by atoms with E-state index >= 15 is 0 Å². The van der Waals surface area contributed by atoms with Crippen LogP contribution in [0.2, 0.25) is 0 Å². The molecule has 0 saturated heterocycles. The van der Waals surface area contributed by atoms with Crippen molar-refractivity contribution in [3.8, 4) is 5.75 Å². The van der Waals surface area contributed by atoms with E-state index in [1.54, 1.807) is 4.90 Å². The first-order valence-corrected chi connectivity index (χ1v) is 9.01. The Bertz CT molecular complexity index is 662. The second-order valence-electron chi connectivity index (χ2n) is 7.46. The van der Waals surface area contributed by atoms with Gasteiger partial charge in [-0.25, -0.2) is 4.79 Å². The number of benzene rings is 1. The summed E-state index contributed by atoms with van der Waals surface area (Å²) in [5.74, 6) is 0.818. The van der Waals surface area contributed by atoms with E-state index in [4.69, 9.17) is 9.47 Å². The maximum atomic E-state index is 12.3. The van der Waals surface area contributed by atoms with Gasteiger partial charge >= 0.3 is 6.09 Å². The SMILES string of the molecule is C=CCN(C)CC=CCOc1ccc2c(c1)CCN2C(=O)OC(C)(C)C. The average Bonchev–Trinajstić information content (AvgIpc) is 2.96. The Morgan fingerprint density at radius 2 is 2.08 bits per heavy atom. The minimum Gasteiger partial charge on any atom is -0.490 e. The summed E-state index contributed by atoms with van der Waals surface area (Å²) in [5, 5.41) is 0. The second-order valence-corrected chi connectivity index (χ2v) is 7.46. The molecule has 1 aliphatic rings. The Labute approximate surface area is 156 Å². The third-order valence-electron chi connectivity index (χ3n) is 3.93. The van der Waals surface area contributed by atoms with Crippen LogP contribution in [0.1, 0.15) is 26.3 Å². The van der Waals surface area contributed by atoms with Gasteiger partial charge in [0.05, 0.1) is 5.69 Å². The fourth-order valence-electron chi connectivity index (χ4n) is 2.74. The molecule has 0 bridgehead atoms. The van der Waals surface area contributed by atoms with Gasteiger partial charge in [-0.1, -0.05) is 18.2 Å². The summed E-state index contributed by atoms with van der Waals surface area (Å²) in [5.41, 5.74) is 1.53. The van der Waals surface area contributed by atoms with Gasteiger partial charge in [-0.15, -0.1) is 6.58 Å². The molecule has 0 N–H and O–H groups in total. The molecule has 1 aromatic rings. The van der Waals surface area contributed by atoms with E-state index in [-0.39, 0.29) is 6.09 Å². The number of ether oxygens (including phenoxy) is 2. The van der Waals surface area contributed by atoms with E-state index in [9.17, 15) is 4.79 Å². The van der Waals surface area contributed by atoms with Gasteiger partial charge in [0.1, 0.15) is 18.0 Å². The standard InChI is InChI=1S/C21H30N2O3/c1-6-12-22(5)13-7-8-15-25-18-9-10-19-17(16-18)11-14-23(19)20(24)26-21(2,3)4/h6-10,16H,1,11-15H2,2-5H3. The van der Waals surface area contributed by atoms with Crippen LogP contribution < -0.4 is 9.64 Å². The molecular weight excluding hydrogens is 328 g/mol. The largest absolute Gasteiger partial charge is 0.490 e. The highest BCUT2D eigenvalue weighted by Crippen LogP contribution is 2.32. The van der Waals surface area contributed by atoms with Crippen molar-refractivity contribution in [3.05, 3.63) is 48.6 Å². The molecule has 5 nitrogen and oxygen atoms in total. The lowest BCUT2D eigenvalue weighted by Gasteiger charge is -2.24. The predicted molar refractivity (Wildman–Crippen MR) is 106 cm³/mol. The van der Waals surface area contributed by atoms with Crippen LogP contribution in [0.25, 0.3) is 0 Å². The summed E-state index contributed by atoms with van der Waals surface area (Å²) in [6, 6.07) is 5.85. The van der Waals surface area contributed by atoms with Crippen LogP contribution in [-0.2, 0) is 11.2 Å². The molecule has 0 radical (unpaired) electrons. The molecule has 0 unspecified atom stereocenters. The molecule has 26 heavy (non-hydrogen) atoms. The van der Waals surface area contributed by atoms with E-state index in [2.05, 4.69) is 17.6 Å². The van der Waals surface area contributed by atoms with Gasteiger partial charge in [0.15, 0.2) is 0 Å². The van der Waals surface area contributed by atoms with Crippen molar-refractivity contribution in [1.82, 2.24) is 4.90 Å². The van der Waals surface area contributed by atoms with E-state index < -0.39 is 5.60 Å². The number of rotatable bonds is 7. The van der Waals surface area contributed by atoms with E-state index in [1.165, 1.54) is 0 Å². The first kappa shape index (κ1) is 20.0. The molecule has 2 rings (SSSR count). The molecular formula is C21H30N2O3. The zero-order chi connectivity index (χ0) is 19.2. The molecule has 0 aliphatic carbocycles. The van der Waals surface area contributed by atoms with Crippen LogP contribution in [0.15, 0.2) is 43.0 Å². The van der Waals surface area contributed by atoms with Crippen molar-refractivity contribution >= 4 is 11.8 Å². The molecule has 0 fully saturated rings. The molecule has 1 heterocycles. The summed E-state index contributed by atoms with van der Waals surface area (Å²) >= 11 is 0. The van der Waals surface area contributed by atoms with Crippen molar-refractivity contribution in [1.29, 1.82) is 0 Å². The van der Waals surface area contributed by atoms with Gasteiger partial charge in [0.25, 0.3) is 0 Å². The van der Waals surface area contributed by atoms with Crippen molar-refractivity contribution < 1.29 is 14.3 Å². The highest BCUT2D eigenvalue weighted by atomic mass is 16.6. The molecule has 0 atom stereocenters. The second kappa shape index (κ2) is 8.90. The normalized spacial score (nSPS) is 14.0. The molecule has 0 spiro atoms. The average molecular weight is 358 g/mol. The van der Waals surface area contributed by atoms with Crippen molar-refractivity contribution in [2.75, 3.05) is 38.2 Å². The third-order valence-corrected chi connectivity index (χ3v) is 3.93. The zero-order valence-corrected chi connectivity index (χ0v) is 16.3. The number of anilines is 1. The van der Waals surface area contributed by atoms with E-state index in [1.807, 2.05) is 58.2 Å². The van der Waals surface area contributed by atoms with Crippen LogP contribution in [0.3, 0.4) is 0 Å². The van der Waals surface area contributed by atoms with E-state index in [0.717, 1.165) is 36.5 Å². The number of fused-ring (bicyclic) bond motifs is 1. The lowest BCUT2D eigenvalue weighted by Crippen LogP contribution is -2.35. The minimum absolute atomic E-state index is 0.295. The number of carbonyl (C=O) groups is 1. The third kappa shape index (κ3) is 5.92. The highest BCUT2D eigenvalue weighted by molar-refractivity contribution is 5.90. The Balaban J connectivity index is 1.89. The lowest BCUT2D eigenvalue weighted by molar-refractivity contribution is 0.0584. The first-order chi connectivity index (χ1) is 12.3. The Morgan fingerprint density at radius 1 is 1.31 bits per heavy atom. The van der Waals surface area contributed by atoms with Gasteiger partial charge in [0, 0.05) is 19.6 Å². The van der Waals surface area contributed by atoms with Crippen LogP contribution in [0.5, 0.6) is 5.75 Å². The molecule has 5 heteroatoms. The fraction of sp³-hybridized carbons (Fsp3) is 0.476. The Hall–Kier alpha value is -2.27. The number of nitrogens with zero attached hydrogens (tertiary/aromatic N) is 2. The zero-order valence-electron chi connectivity index (χ0n) is 16.3. The van der Waals surface area contributed by atoms with Crippen molar-refractivity contribution in [2.24, 2.45) is 0 Å². The maximum absolute atomic E-state index is 12.3. The maximum Gasteiger partial charge on any atom is 0.414 e. The summed E-state index contributed by atoms with van der Waals surface area (Å²) in [6.45, 7) is 12.3. The molecule has 1 aliphatic heterocycles. The summed E-state index contributed by atoms with van der Waals surface area (Å²) in [7, 11) is 2.05. The monoisotopic (exact) mass is 358 g/mol. The van der Waals surface area contributed by atoms with Crippen LogP contribution in [-0.4, -0.2) is 49.9 Å². The molecule has 0 saturated carbocycles. The number of hydrogen-bond acceptors (Lipinski definition) is 4. The van der Waals surface area contributed by atoms with Gasteiger partial charge in [-0.05, 0) is 58.0 Å². The molecule has 142 valence electrons. The Kier molecular flexibility index (Phi) is 6.86. The van der Waals surface area contributed by atoms with Gasteiger partial charge in [-0.3, -0.25) is 9.80 Å². The van der Waals surface area contributed by atoms with Gasteiger partial charge in [0.2, 0.25) is 0 Å². The number of likely N-dealkylation sites (N-methyl/N-ethyl adjacent to an activating group) is 1. The smallest absolute Gasteiger partial charge is 0.414 e. The first-order valence-electron chi connectivity index (χ1n) is 9.01. The highest BCUT2D eigenvalue weighted by Gasteiger charge is 2.29. The fourth-order valence-corrected chi connectivity index (χ4v) is 2.74. The molecule has 0 aromatic heterocycles. The van der Waals surface area contributed by atoms with E-state index in [0.29, 0.717) is 13.2 Å². The topological polar surface area (TPSA) is 42.0 Å².